The van der Waals surface area contributed by atoms with Gasteiger partial charge in [0.05, 0.1) is 17.1 Å². The van der Waals surface area contributed by atoms with Crippen molar-refractivity contribution in [3.8, 4) is 11.4 Å². The summed E-state index contributed by atoms with van der Waals surface area (Å²) in [5.74, 6) is 0.571. The standard InChI is InChI=1S/C12H12N4OS/c1-6-7(2)18-12-9(6)11(17)14-10(15-12)8-4-13-16(3)5-8/h4-5H,1-3H3,(H,14,15,17). The van der Waals surface area contributed by atoms with Crippen molar-refractivity contribution in [2.24, 2.45) is 7.05 Å². The summed E-state index contributed by atoms with van der Waals surface area (Å²) in [4.78, 5) is 21.3. The molecule has 0 unspecified atom stereocenters. The Morgan fingerprint density at radius 1 is 1.39 bits per heavy atom. The second-order valence-electron chi connectivity index (χ2n) is 4.28. The molecule has 0 fully saturated rings. The molecule has 0 bridgehead atoms. The number of hydrogen-bond donors (Lipinski definition) is 1. The van der Waals surface area contributed by atoms with Gasteiger partial charge >= 0.3 is 0 Å². The number of aromatic nitrogens is 4. The van der Waals surface area contributed by atoms with Crippen molar-refractivity contribution in [3.05, 3.63) is 33.2 Å². The highest BCUT2D eigenvalue weighted by Crippen LogP contribution is 2.27. The molecule has 5 nitrogen and oxygen atoms in total. The third kappa shape index (κ3) is 1.57. The third-order valence-electron chi connectivity index (χ3n) is 3.02. The zero-order chi connectivity index (χ0) is 12.9. The number of rotatable bonds is 1. The van der Waals surface area contributed by atoms with Gasteiger partial charge in [-0.05, 0) is 19.4 Å². The average Bonchev–Trinajstić information content (AvgIpc) is 2.85. The molecule has 0 saturated heterocycles. The first-order valence-electron chi connectivity index (χ1n) is 5.55. The van der Waals surface area contributed by atoms with Crippen molar-refractivity contribution in [2.75, 3.05) is 0 Å². The normalized spacial score (nSPS) is 11.3. The van der Waals surface area contributed by atoms with Gasteiger partial charge in [-0.15, -0.1) is 11.3 Å². The zero-order valence-electron chi connectivity index (χ0n) is 10.3. The molecule has 0 atom stereocenters. The Kier molecular flexibility index (Phi) is 2.34. The predicted octanol–water partition coefficient (Wildman–Crippen LogP) is 2.00. The lowest BCUT2D eigenvalue weighted by Gasteiger charge is -1.97. The maximum Gasteiger partial charge on any atom is 0.260 e. The van der Waals surface area contributed by atoms with Crippen LogP contribution in [0.3, 0.4) is 0 Å². The third-order valence-corrected chi connectivity index (χ3v) is 4.12. The smallest absolute Gasteiger partial charge is 0.260 e. The molecule has 92 valence electrons. The molecule has 0 aliphatic rings. The number of hydrogen-bond acceptors (Lipinski definition) is 4. The first-order chi connectivity index (χ1) is 8.56. The minimum absolute atomic E-state index is 0.0827. The lowest BCUT2D eigenvalue weighted by atomic mass is 10.2. The predicted molar refractivity (Wildman–Crippen MR) is 71.9 cm³/mol. The molecule has 0 aromatic carbocycles. The van der Waals surface area contributed by atoms with E-state index in [0.717, 1.165) is 20.8 Å². The molecule has 0 spiro atoms. The van der Waals surface area contributed by atoms with Crippen LogP contribution in [0.25, 0.3) is 21.6 Å². The van der Waals surface area contributed by atoms with E-state index >= 15 is 0 Å². The topological polar surface area (TPSA) is 63.6 Å². The summed E-state index contributed by atoms with van der Waals surface area (Å²) in [6, 6.07) is 0. The summed E-state index contributed by atoms with van der Waals surface area (Å²) in [5, 5.41) is 4.78. The number of nitrogens with zero attached hydrogens (tertiary/aromatic N) is 3. The van der Waals surface area contributed by atoms with E-state index in [4.69, 9.17) is 0 Å². The van der Waals surface area contributed by atoms with E-state index in [1.165, 1.54) is 0 Å². The van der Waals surface area contributed by atoms with Crippen molar-refractivity contribution >= 4 is 21.6 Å². The van der Waals surface area contributed by atoms with Gasteiger partial charge in [-0.3, -0.25) is 9.48 Å². The Labute approximate surface area is 107 Å². The molecule has 0 aliphatic heterocycles. The molecular weight excluding hydrogens is 248 g/mol. The quantitative estimate of drug-likeness (QED) is 0.728. The van der Waals surface area contributed by atoms with Crippen LogP contribution in [0.4, 0.5) is 0 Å². The first-order valence-corrected chi connectivity index (χ1v) is 6.37. The average molecular weight is 260 g/mol. The molecule has 3 aromatic rings. The van der Waals surface area contributed by atoms with Gasteiger partial charge in [0.15, 0.2) is 0 Å². The van der Waals surface area contributed by atoms with E-state index in [1.54, 1.807) is 22.2 Å². The number of aryl methyl sites for hydroxylation is 3. The van der Waals surface area contributed by atoms with Crippen molar-refractivity contribution in [1.82, 2.24) is 19.7 Å². The summed E-state index contributed by atoms with van der Waals surface area (Å²) in [6.45, 7) is 3.96. The molecule has 0 aliphatic carbocycles. The summed E-state index contributed by atoms with van der Waals surface area (Å²) in [6.07, 6.45) is 3.52. The molecule has 3 heterocycles. The summed E-state index contributed by atoms with van der Waals surface area (Å²) >= 11 is 1.55. The fourth-order valence-electron chi connectivity index (χ4n) is 1.93. The number of nitrogens with one attached hydrogen (secondary N) is 1. The second-order valence-corrected chi connectivity index (χ2v) is 5.48. The van der Waals surface area contributed by atoms with Gasteiger partial charge in [0.25, 0.3) is 5.56 Å². The molecule has 6 heteroatoms. The Hall–Kier alpha value is -1.95. The molecule has 3 rings (SSSR count). The van der Waals surface area contributed by atoms with Crippen LogP contribution in [0.15, 0.2) is 17.2 Å². The van der Waals surface area contributed by atoms with Crippen LogP contribution < -0.4 is 5.56 Å². The highest BCUT2D eigenvalue weighted by atomic mass is 32.1. The number of aromatic amines is 1. The Morgan fingerprint density at radius 2 is 2.17 bits per heavy atom. The van der Waals surface area contributed by atoms with Crippen LogP contribution >= 0.6 is 11.3 Å². The van der Waals surface area contributed by atoms with Crippen molar-refractivity contribution in [1.29, 1.82) is 0 Å². The fraction of sp³-hybridized carbons (Fsp3) is 0.250. The maximum atomic E-state index is 12.1. The minimum Gasteiger partial charge on any atom is -0.306 e. The summed E-state index contributed by atoms with van der Waals surface area (Å²) < 4.78 is 1.68. The fourth-order valence-corrected chi connectivity index (χ4v) is 2.96. The Morgan fingerprint density at radius 3 is 2.83 bits per heavy atom. The highest BCUT2D eigenvalue weighted by Gasteiger charge is 2.13. The monoisotopic (exact) mass is 260 g/mol. The van der Waals surface area contributed by atoms with E-state index in [1.807, 2.05) is 27.1 Å². The van der Waals surface area contributed by atoms with E-state index in [-0.39, 0.29) is 5.56 Å². The van der Waals surface area contributed by atoms with Crippen LogP contribution in [0.5, 0.6) is 0 Å². The van der Waals surface area contributed by atoms with Crippen molar-refractivity contribution < 1.29 is 0 Å². The SMILES string of the molecule is Cc1sc2nc(-c3cnn(C)c3)[nH]c(=O)c2c1C. The van der Waals surface area contributed by atoms with E-state index in [2.05, 4.69) is 15.1 Å². The van der Waals surface area contributed by atoms with E-state index < -0.39 is 0 Å². The minimum atomic E-state index is -0.0827. The lowest BCUT2D eigenvalue weighted by Crippen LogP contribution is -2.08. The van der Waals surface area contributed by atoms with Gasteiger partial charge in [-0.1, -0.05) is 0 Å². The number of thiophene rings is 1. The van der Waals surface area contributed by atoms with Crippen LogP contribution in [-0.4, -0.2) is 19.7 Å². The van der Waals surface area contributed by atoms with Gasteiger partial charge in [-0.25, -0.2) is 4.98 Å². The summed E-state index contributed by atoms with van der Waals surface area (Å²) in [5.41, 5.74) is 1.75. The molecule has 3 aromatic heterocycles. The zero-order valence-corrected chi connectivity index (χ0v) is 11.1. The molecular formula is C12H12N4OS. The second kappa shape index (κ2) is 3.78. The molecule has 0 saturated carbocycles. The highest BCUT2D eigenvalue weighted by molar-refractivity contribution is 7.18. The number of H-pyrrole nitrogens is 1. The van der Waals surface area contributed by atoms with Crippen molar-refractivity contribution in [2.45, 2.75) is 13.8 Å². The van der Waals surface area contributed by atoms with Gasteiger partial charge < -0.3 is 4.98 Å². The first kappa shape index (κ1) is 11.2. The van der Waals surface area contributed by atoms with Crippen LogP contribution in [0.2, 0.25) is 0 Å². The molecule has 1 N–H and O–H groups in total. The van der Waals surface area contributed by atoms with E-state index in [0.29, 0.717) is 11.2 Å². The van der Waals surface area contributed by atoms with Gasteiger partial charge in [0.2, 0.25) is 0 Å². The van der Waals surface area contributed by atoms with Gasteiger partial charge in [-0.2, -0.15) is 5.10 Å². The van der Waals surface area contributed by atoms with Crippen LogP contribution in [0.1, 0.15) is 10.4 Å². The Bertz CT molecular complexity index is 796. The molecule has 0 radical (unpaired) electrons. The molecule has 18 heavy (non-hydrogen) atoms. The van der Waals surface area contributed by atoms with Crippen LogP contribution in [-0.2, 0) is 7.05 Å². The van der Waals surface area contributed by atoms with Crippen molar-refractivity contribution in [3.63, 3.8) is 0 Å². The van der Waals surface area contributed by atoms with Gasteiger partial charge in [0.1, 0.15) is 10.7 Å². The maximum absolute atomic E-state index is 12.1. The Balaban J connectivity index is 2.31. The lowest BCUT2D eigenvalue weighted by molar-refractivity contribution is 0.768. The van der Waals surface area contributed by atoms with E-state index in [9.17, 15) is 4.79 Å². The van der Waals surface area contributed by atoms with Gasteiger partial charge in [0, 0.05) is 18.1 Å². The van der Waals surface area contributed by atoms with Crippen LogP contribution in [0, 0.1) is 13.8 Å². The molecule has 0 amide bonds. The summed E-state index contributed by atoms with van der Waals surface area (Å²) in [7, 11) is 1.83. The largest absolute Gasteiger partial charge is 0.306 e. The number of fused-ring (bicyclic) bond motifs is 1.